The van der Waals surface area contributed by atoms with Crippen LogP contribution in [-0.2, 0) is 11.5 Å². The molecular weight excluding hydrogens is 473 g/mol. The fraction of sp³-hybridized carbons (Fsp3) is 0.217. The SMILES string of the molecule is N=N/N=C\NCC(O)(c1ccc(F)cc1F)C(F)(F)c1ccc(OCC(F)c2ccccc2)cn1. The standard InChI is InChI=1S/C23H20F5N5O2/c24-16-6-8-18(19(25)10-16)22(34,13-30-14-32-33-29)23(27,28)21-9-7-17(11-31-21)35-12-20(26)15-4-2-1-3-5-15/h1-11,14,20,34H,12-13H2,(H2,29,30,32). The Kier molecular flexibility index (Phi) is 8.07. The second kappa shape index (κ2) is 11.0. The van der Waals surface area contributed by atoms with Gasteiger partial charge in [-0.05, 0) is 29.8 Å². The van der Waals surface area contributed by atoms with Crippen LogP contribution < -0.4 is 10.1 Å². The van der Waals surface area contributed by atoms with Gasteiger partial charge in [-0.1, -0.05) is 35.6 Å². The van der Waals surface area contributed by atoms with Crippen LogP contribution in [0.25, 0.3) is 0 Å². The minimum Gasteiger partial charge on any atom is -0.489 e. The van der Waals surface area contributed by atoms with Crippen LogP contribution in [0.5, 0.6) is 5.75 Å². The van der Waals surface area contributed by atoms with Gasteiger partial charge in [-0.3, -0.25) is 4.98 Å². The Morgan fingerprint density at radius 2 is 1.86 bits per heavy atom. The van der Waals surface area contributed by atoms with Gasteiger partial charge in [0, 0.05) is 11.6 Å². The highest BCUT2D eigenvalue weighted by Gasteiger charge is 2.57. The minimum absolute atomic E-state index is 0.0121. The molecule has 0 fully saturated rings. The summed E-state index contributed by atoms with van der Waals surface area (Å²) in [6.45, 7) is -1.39. The van der Waals surface area contributed by atoms with Crippen molar-refractivity contribution in [1.82, 2.24) is 10.3 Å². The molecule has 1 aromatic heterocycles. The molecule has 0 aliphatic carbocycles. The Morgan fingerprint density at radius 1 is 1.11 bits per heavy atom. The second-order valence-corrected chi connectivity index (χ2v) is 7.35. The van der Waals surface area contributed by atoms with Crippen LogP contribution in [-0.4, -0.2) is 29.6 Å². The summed E-state index contributed by atoms with van der Waals surface area (Å²) >= 11 is 0. The number of aliphatic hydroxyl groups is 1. The maximum absolute atomic E-state index is 15.5. The first kappa shape index (κ1) is 25.7. The molecule has 3 aromatic rings. The van der Waals surface area contributed by atoms with Crippen molar-refractivity contribution in [3.05, 3.63) is 95.3 Å². The Labute approximate surface area is 196 Å². The first-order valence-corrected chi connectivity index (χ1v) is 10.1. The lowest BCUT2D eigenvalue weighted by molar-refractivity contribution is -0.195. The van der Waals surface area contributed by atoms with Crippen molar-refractivity contribution in [1.29, 1.82) is 5.53 Å². The van der Waals surface area contributed by atoms with Crippen molar-refractivity contribution >= 4 is 6.34 Å². The average Bonchev–Trinajstić information content (AvgIpc) is 2.85. The van der Waals surface area contributed by atoms with Crippen LogP contribution in [0, 0.1) is 17.2 Å². The fourth-order valence-corrected chi connectivity index (χ4v) is 3.25. The van der Waals surface area contributed by atoms with Gasteiger partial charge < -0.3 is 15.2 Å². The highest BCUT2D eigenvalue weighted by atomic mass is 19.3. The second-order valence-electron chi connectivity index (χ2n) is 7.35. The van der Waals surface area contributed by atoms with Crippen LogP contribution >= 0.6 is 0 Å². The number of benzene rings is 2. The molecule has 7 nitrogen and oxygen atoms in total. The molecule has 35 heavy (non-hydrogen) atoms. The molecular formula is C23H20F5N5O2. The van der Waals surface area contributed by atoms with Crippen LogP contribution in [0.2, 0.25) is 0 Å². The van der Waals surface area contributed by atoms with Gasteiger partial charge in [0.1, 0.15) is 36.0 Å². The molecule has 12 heteroatoms. The summed E-state index contributed by atoms with van der Waals surface area (Å²) in [5, 5.41) is 18.9. The third-order valence-corrected chi connectivity index (χ3v) is 5.08. The van der Waals surface area contributed by atoms with E-state index in [9.17, 15) is 18.3 Å². The van der Waals surface area contributed by atoms with Crippen LogP contribution in [0.4, 0.5) is 22.0 Å². The van der Waals surface area contributed by atoms with E-state index in [2.05, 4.69) is 20.6 Å². The number of hydrogen-bond donors (Lipinski definition) is 3. The van der Waals surface area contributed by atoms with E-state index in [1.54, 1.807) is 30.3 Å². The maximum atomic E-state index is 15.5. The van der Waals surface area contributed by atoms with Gasteiger partial charge in [0.15, 0.2) is 11.8 Å². The molecule has 3 N–H and O–H groups in total. The zero-order valence-electron chi connectivity index (χ0n) is 18.0. The van der Waals surface area contributed by atoms with Gasteiger partial charge >= 0.3 is 5.92 Å². The van der Waals surface area contributed by atoms with Crippen molar-refractivity contribution in [3.8, 4) is 5.75 Å². The van der Waals surface area contributed by atoms with E-state index in [0.717, 1.165) is 30.7 Å². The number of hydrogen-bond acceptors (Lipinski definition) is 5. The number of halogens is 5. The molecule has 1 heterocycles. The largest absolute Gasteiger partial charge is 0.489 e. The number of alkyl halides is 3. The Balaban J connectivity index is 1.85. The number of nitrogens with zero attached hydrogens (tertiary/aromatic N) is 3. The molecule has 0 spiro atoms. The third kappa shape index (κ3) is 5.77. The van der Waals surface area contributed by atoms with Crippen molar-refractivity contribution in [3.63, 3.8) is 0 Å². The fourth-order valence-electron chi connectivity index (χ4n) is 3.25. The summed E-state index contributed by atoms with van der Waals surface area (Å²) in [5.74, 6) is -6.66. The Bertz CT molecular complexity index is 1160. The topological polar surface area (TPSA) is 103 Å². The highest BCUT2D eigenvalue weighted by Crippen LogP contribution is 2.45. The van der Waals surface area contributed by atoms with Crippen LogP contribution in [0.1, 0.15) is 23.0 Å². The van der Waals surface area contributed by atoms with Gasteiger partial charge in [-0.2, -0.15) is 14.3 Å². The van der Waals surface area contributed by atoms with Gasteiger partial charge in [0.05, 0.1) is 12.7 Å². The summed E-state index contributed by atoms with van der Waals surface area (Å²) < 4.78 is 78.4. The van der Waals surface area contributed by atoms with Crippen molar-refractivity contribution < 1.29 is 31.8 Å². The molecule has 0 aliphatic heterocycles. The number of nitrogens with one attached hydrogen (secondary N) is 2. The van der Waals surface area contributed by atoms with Crippen LogP contribution in [0.15, 0.2) is 77.2 Å². The predicted molar refractivity (Wildman–Crippen MR) is 116 cm³/mol. The van der Waals surface area contributed by atoms with E-state index in [4.69, 9.17) is 10.3 Å². The lowest BCUT2D eigenvalue weighted by atomic mass is 9.84. The summed E-state index contributed by atoms with van der Waals surface area (Å²) in [5.41, 5.74) is 1.83. The number of ether oxygens (including phenoxy) is 1. The number of pyridine rings is 1. The molecule has 0 saturated carbocycles. The summed E-state index contributed by atoms with van der Waals surface area (Å²) in [7, 11) is 0. The molecule has 3 rings (SSSR count). The quantitative estimate of drug-likeness (QED) is 0.115. The first-order valence-electron chi connectivity index (χ1n) is 10.1. The summed E-state index contributed by atoms with van der Waals surface area (Å²) in [6.07, 6.45) is 0.197. The van der Waals surface area contributed by atoms with E-state index in [1.807, 2.05) is 0 Å². The zero-order valence-corrected chi connectivity index (χ0v) is 18.0. The van der Waals surface area contributed by atoms with Gasteiger partial charge in [0.25, 0.3) is 0 Å². The van der Waals surface area contributed by atoms with E-state index in [1.165, 1.54) is 0 Å². The maximum Gasteiger partial charge on any atom is 0.323 e. The number of rotatable bonds is 11. The monoisotopic (exact) mass is 493 g/mol. The molecule has 2 atom stereocenters. The zero-order chi connectivity index (χ0) is 25.5. The van der Waals surface area contributed by atoms with Crippen molar-refractivity contribution in [2.24, 2.45) is 10.3 Å². The summed E-state index contributed by atoms with van der Waals surface area (Å²) in [4.78, 5) is 3.62. The average molecular weight is 493 g/mol. The molecule has 0 saturated heterocycles. The molecule has 0 aliphatic rings. The number of aromatic nitrogens is 1. The molecule has 184 valence electrons. The first-order chi connectivity index (χ1) is 16.7. The van der Waals surface area contributed by atoms with Crippen molar-refractivity contribution in [2.75, 3.05) is 13.2 Å². The van der Waals surface area contributed by atoms with Crippen molar-refractivity contribution in [2.45, 2.75) is 17.7 Å². The molecule has 2 unspecified atom stereocenters. The Morgan fingerprint density at radius 3 is 2.49 bits per heavy atom. The predicted octanol–water partition coefficient (Wildman–Crippen LogP) is 4.99. The van der Waals surface area contributed by atoms with Gasteiger partial charge in [-0.25, -0.2) is 13.2 Å². The van der Waals surface area contributed by atoms with E-state index >= 15 is 8.78 Å². The lowest BCUT2D eigenvalue weighted by Crippen LogP contribution is -2.51. The normalized spacial score (nSPS) is 14.3. The molecule has 0 amide bonds. The summed E-state index contributed by atoms with van der Waals surface area (Å²) in [6, 6.07) is 11.9. The van der Waals surface area contributed by atoms with E-state index < -0.39 is 53.7 Å². The Hall–Kier alpha value is -3.93. The van der Waals surface area contributed by atoms with Gasteiger partial charge in [-0.15, -0.1) is 5.10 Å². The molecule has 0 radical (unpaired) electrons. The smallest absolute Gasteiger partial charge is 0.323 e. The molecule has 2 aromatic carbocycles. The minimum atomic E-state index is -4.21. The van der Waals surface area contributed by atoms with E-state index in [-0.39, 0.29) is 5.75 Å². The third-order valence-electron chi connectivity index (χ3n) is 5.08. The van der Waals surface area contributed by atoms with E-state index in [0.29, 0.717) is 17.7 Å². The highest BCUT2D eigenvalue weighted by molar-refractivity contribution is 5.54. The van der Waals surface area contributed by atoms with Crippen LogP contribution in [0.3, 0.4) is 0 Å². The molecule has 0 bridgehead atoms. The lowest BCUT2D eigenvalue weighted by Gasteiger charge is -2.36. The van der Waals surface area contributed by atoms with Gasteiger partial charge in [0.2, 0.25) is 0 Å².